The molecule has 0 aliphatic rings. The Morgan fingerprint density at radius 3 is 2.93 bits per heavy atom. The van der Waals surface area contributed by atoms with E-state index in [1.807, 2.05) is 18.2 Å². The van der Waals surface area contributed by atoms with Crippen LogP contribution in [-0.4, -0.2) is 9.97 Å². The molecular weight excluding hydrogens is 244 g/mol. The molecule has 0 aliphatic heterocycles. The van der Waals surface area contributed by atoms with Crippen molar-refractivity contribution in [2.75, 3.05) is 0 Å². The molecule has 68 valence electrons. The van der Waals surface area contributed by atoms with Gasteiger partial charge in [-0.05, 0) is 18.2 Å². The van der Waals surface area contributed by atoms with E-state index >= 15 is 0 Å². The van der Waals surface area contributed by atoms with E-state index in [0.29, 0.717) is 5.71 Å². The minimum Gasteiger partial charge on any atom is -0.436 e. The molecule has 0 saturated heterocycles. The Balaban J connectivity index is 2.58. The molecule has 0 radical (unpaired) electrons. The van der Waals surface area contributed by atoms with E-state index in [1.165, 1.54) is 0 Å². The van der Waals surface area contributed by atoms with Crippen molar-refractivity contribution in [2.45, 2.75) is 0 Å². The second-order valence-corrected chi connectivity index (χ2v) is 3.87. The Bertz CT molecular complexity index is 618. The molecule has 0 N–H and O–H groups in total. The van der Waals surface area contributed by atoms with E-state index in [2.05, 4.69) is 25.9 Å². The fourth-order valence-corrected chi connectivity index (χ4v) is 1.83. The van der Waals surface area contributed by atoms with Gasteiger partial charge >= 0.3 is 0 Å². The summed E-state index contributed by atoms with van der Waals surface area (Å²) in [6, 6.07) is 5.82. The Morgan fingerprint density at radius 2 is 2.00 bits per heavy atom. The van der Waals surface area contributed by atoms with Gasteiger partial charge in [0, 0.05) is 22.3 Å². The van der Waals surface area contributed by atoms with Gasteiger partial charge in [0.2, 0.25) is 5.71 Å². The molecule has 3 aromatic rings. The zero-order valence-corrected chi connectivity index (χ0v) is 8.65. The Hall–Kier alpha value is -1.42. The maximum atomic E-state index is 5.51. The molecule has 0 unspecified atom stereocenters. The third-order valence-electron chi connectivity index (χ3n) is 2.07. The van der Waals surface area contributed by atoms with Crippen LogP contribution in [0, 0.1) is 0 Å². The summed E-state index contributed by atoms with van der Waals surface area (Å²) in [5, 5.41) is 0.988. The standard InChI is InChI=1S/C10H5BrN2O/c11-6-1-2-8-7(5-6)9-10(14-8)13-4-3-12-9/h1-5H. The van der Waals surface area contributed by atoms with Crippen molar-refractivity contribution in [1.82, 2.24) is 9.97 Å². The van der Waals surface area contributed by atoms with Gasteiger partial charge in [-0.2, -0.15) is 0 Å². The largest absolute Gasteiger partial charge is 0.436 e. The molecule has 0 spiro atoms. The number of halogens is 1. The highest BCUT2D eigenvalue weighted by Gasteiger charge is 2.07. The van der Waals surface area contributed by atoms with Gasteiger partial charge in [-0.3, -0.25) is 0 Å². The predicted molar refractivity (Wildman–Crippen MR) is 57.0 cm³/mol. The van der Waals surface area contributed by atoms with Crippen molar-refractivity contribution in [2.24, 2.45) is 0 Å². The highest BCUT2D eigenvalue weighted by atomic mass is 79.9. The number of rotatable bonds is 0. The summed E-state index contributed by atoms with van der Waals surface area (Å²) in [7, 11) is 0. The number of furan rings is 1. The summed E-state index contributed by atoms with van der Waals surface area (Å²) >= 11 is 3.41. The van der Waals surface area contributed by atoms with Crippen LogP contribution in [0.25, 0.3) is 22.2 Å². The van der Waals surface area contributed by atoms with E-state index < -0.39 is 0 Å². The number of benzene rings is 1. The average Bonchev–Trinajstić information content (AvgIpc) is 2.56. The third-order valence-corrected chi connectivity index (χ3v) is 2.56. The highest BCUT2D eigenvalue weighted by Crippen LogP contribution is 2.27. The van der Waals surface area contributed by atoms with E-state index in [1.54, 1.807) is 12.4 Å². The van der Waals surface area contributed by atoms with Gasteiger partial charge in [0.15, 0.2) is 0 Å². The Kier molecular flexibility index (Phi) is 1.58. The molecule has 2 aromatic heterocycles. The van der Waals surface area contributed by atoms with Gasteiger partial charge in [-0.15, -0.1) is 0 Å². The van der Waals surface area contributed by atoms with Crippen LogP contribution < -0.4 is 0 Å². The number of hydrogen-bond acceptors (Lipinski definition) is 3. The normalized spacial score (nSPS) is 11.2. The zero-order valence-electron chi connectivity index (χ0n) is 7.07. The van der Waals surface area contributed by atoms with Crippen LogP contribution in [0.5, 0.6) is 0 Å². The van der Waals surface area contributed by atoms with Crippen molar-refractivity contribution in [1.29, 1.82) is 0 Å². The van der Waals surface area contributed by atoms with Crippen molar-refractivity contribution in [3.63, 3.8) is 0 Å². The van der Waals surface area contributed by atoms with Crippen molar-refractivity contribution in [3.05, 3.63) is 35.1 Å². The zero-order chi connectivity index (χ0) is 9.54. The van der Waals surface area contributed by atoms with Gasteiger partial charge < -0.3 is 4.42 Å². The fourth-order valence-electron chi connectivity index (χ4n) is 1.47. The number of hydrogen-bond donors (Lipinski definition) is 0. The summed E-state index contributed by atoms with van der Waals surface area (Å²) < 4.78 is 6.53. The van der Waals surface area contributed by atoms with Gasteiger partial charge in [0.25, 0.3) is 0 Å². The first-order chi connectivity index (χ1) is 6.84. The lowest BCUT2D eigenvalue weighted by Crippen LogP contribution is -1.75. The molecule has 0 amide bonds. The van der Waals surface area contributed by atoms with Gasteiger partial charge in [-0.25, -0.2) is 9.97 Å². The molecule has 0 aliphatic carbocycles. The third kappa shape index (κ3) is 1.04. The lowest BCUT2D eigenvalue weighted by Gasteiger charge is -1.88. The van der Waals surface area contributed by atoms with Crippen LogP contribution in [0.15, 0.2) is 39.5 Å². The van der Waals surface area contributed by atoms with E-state index in [9.17, 15) is 0 Å². The molecule has 0 bridgehead atoms. The van der Waals surface area contributed by atoms with Gasteiger partial charge in [-0.1, -0.05) is 15.9 Å². The topological polar surface area (TPSA) is 38.9 Å². The first-order valence-electron chi connectivity index (χ1n) is 4.13. The molecule has 14 heavy (non-hydrogen) atoms. The smallest absolute Gasteiger partial charge is 0.246 e. The monoisotopic (exact) mass is 248 g/mol. The maximum Gasteiger partial charge on any atom is 0.246 e. The molecule has 3 rings (SSSR count). The van der Waals surface area contributed by atoms with Crippen molar-refractivity contribution >= 4 is 38.1 Å². The molecule has 0 fully saturated rings. The average molecular weight is 249 g/mol. The summed E-state index contributed by atoms with van der Waals surface area (Å²) in [6.07, 6.45) is 3.29. The minimum absolute atomic E-state index is 0.584. The molecule has 2 heterocycles. The lowest BCUT2D eigenvalue weighted by molar-refractivity contribution is 0.653. The Labute approximate surface area is 87.9 Å². The molecular formula is C10H5BrN2O. The van der Waals surface area contributed by atoms with Crippen LogP contribution in [0.3, 0.4) is 0 Å². The minimum atomic E-state index is 0.584. The SMILES string of the molecule is Brc1ccc2oc3nccnc3c2c1. The first kappa shape index (κ1) is 7.94. The predicted octanol–water partition coefficient (Wildman–Crippen LogP) is 3.14. The summed E-state index contributed by atoms with van der Waals surface area (Å²) in [5.74, 6) is 0. The maximum absolute atomic E-state index is 5.51. The number of nitrogens with zero attached hydrogens (tertiary/aromatic N) is 2. The quantitative estimate of drug-likeness (QED) is 0.614. The van der Waals surface area contributed by atoms with Crippen LogP contribution in [0.2, 0.25) is 0 Å². The van der Waals surface area contributed by atoms with Crippen LogP contribution >= 0.6 is 15.9 Å². The summed E-state index contributed by atoms with van der Waals surface area (Å²) in [6.45, 7) is 0. The van der Waals surface area contributed by atoms with Crippen LogP contribution in [-0.2, 0) is 0 Å². The first-order valence-corrected chi connectivity index (χ1v) is 4.93. The van der Waals surface area contributed by atoms with Crippen LogP contribution in [0.1, 0.15) is 0 Å². The molecule has 0 atom stereocenters. The van der Waals surface area contributed by atoms with Gasteiger partial charge in [0.1, 0.15) is 11.1 Å². The number of aromatic nitrogens is 2. The van der Waals surface area contributed by atoms with Crippen molar-refractivity contribution in [3.8, 4) is 0 Å². The fraction of sp³-hybridized carbons (Fsp3) is 0. The highest BCUT2D eigenvalue weighted by molar-refractivity contribution is 9.10. The molecule has 4 heteroatoms. The van der Waals surface area contributed by atoms with E-state index in [-0.39, 0.29) is 0 Å². The van der Waals surface area contributed by atoms with Gasteiger partial charge in [0.05, 0.1) is 0 Å². The second-order valence-electron chi connectivity index (χ2n) is 2.95. The Morgan fingerprint density at radius 1 is 1.14 bits per heavy atom. The molecule has 0 saturated carbocycles. The molecule has 3 nitrogen and oxygen atoms in total. The second kappa shape index (κ2) is 2.78. The van der Waals surface area contributed by atoms with Crippen molar-refractivity contribution < 1.29 is 4.42 Å². The van der Waals surface area contributed by atoms with Crippen LogP contribution in [0.4, 0.5) is 0 Å². The summed E-state index contributed by atoms with van der Waals surface area (Å²) in [4.78, 5) is 8.34. The number of fused-ring (bicyclic) bond motifs is 3. The van der Waals surface area contributed by atoms with E-state index in [4.69, 9.17) is 4.42 Å². The lowest BCUT2D eigenvalue weighted by atomic mass is 10.2. The molecule has 1 aromatic carbocycles. The summed E-state index contributed by atoms with van der Waals surface area (Å²) in [5.41, 5.74) is 2.21. The van der Waals surface area contributed by atoms with E-state index in [0.717, 1.165) is 21.0 Å².